The van der Waals surface area contributed by atoms with Crippen molar-refractivity contribution in [2.75, 3.05) is 6.54 Å². The van der Waals surface area contributed by atoms with E-state index in [1.165, 1.54) is 0 Å². The first-order valence-electron chi connectivity index (χ1n) is 4.48. The van der Waals surface area contributed by atoms with Crippen LogP contribution in [-0.2, 0) is 6.54 Å². The van der Waals surface area contributed by atoms with E-state index in [4.69, 9.17) is 0 Å². The Morgan fingerprint density at radius 2 is 2.13 bits per heavy atom. The molecule has 0 aromatic carbocycles. The highest BCUT2D eigenvalue weighted by atomic mass is 79.9. The number of nitrogens with one attached hydrogen (secondary N) is 1. The van der Waals surface area contributed by atoms with E-state index < -0.39 is 12.6 Å². The van der Waals surface area contributed by atoms with Crippen molar-refractivity contribution in [2.24, 2.45) is 0 Å². The van der Waals surface area contributed by atoms with Gasteiger partial charge in [0.1, 0.15) is 0 Å². The lowest BCUT2D eigenvalue weighted by Gasteiger charge is -2.06. The fourth-order valence-corrected chi connectivity index (χ4v) is 2.53. The third-order valence-corrected chi connectivity index (χ3v) is 3.72. The lowest BCUT2D eigenvalue weighted by Crippen LogP contribution is -2.17. The van der Waals surface area contributed by atoms with Gasteiger partial charge in [-0.15, -0.1) is 11.3 Å². The maximum absolute atomic E-state index is 11.8. The zero-order chi connectivity index (χ0) is 11.3. The van der Waals surface area contributed by atoms with Crippen LogP contribution >= 0.6 is 27.3 Å². The molecule has 0 saturated heterocycles. The minimum Gasteiger partial charge on any atom is -0.312 e. The van der Waals surface area contributed by atoms with Crippen LogP contribution in [0.3, 0.4) is 0 Å². The zero-order valence-electron chi connectivity index (χ0n) is 7.90. The third-order valence-electron chi connectivity index (χ3n) is 1.79. The van der Waals surface area contributed by atoms with E-state index in [9.17, 15) is 13.2 Å². The molecular formula is C9H11BrF3NS. The number of alkyl halides is 3. The van der Waals surface area contributed by atoms with Crippen molar-refractivity contribution in [2.45, 2.75) is 25.6 Å². The van der Waals surface area contributed by atoms with Gasteiger partial charge in [0.2, 0.25) is 0 Å². The quantitative estimate of drug-likeness (QED) is 0.812. The topological polar surface area (TPSA) is 12.0 Å². The van der Waals surface area contributed by atoms with Crippen molar-refractivity contribution in [1.82, 2.24) is 5.32 Å². The van der Waals surface area contributed by atoms with Crippen molar-refractivity contribution in [3.63, 3.8) is 0 Å². The summed E-state index contributed by atoms with van der Waals surface area (Å²) in [4.78, 5) is 1.11. The normalized spacial score (nSPS) is 12.0. The molecule has 0 fully saturated rings. The second-order valence-corrected chi connectivity index (χ2v) is 4.94. The first kappa shape index (κ1) is 13.0. The fraction of sp³-hybridized carbons (Fsp3) is 0.556. The van der Waals surface area contributed by atoms with Gasteiger partial charge in [-0.25, -0.2) is 0 Å². The van der Waals surface area contributed by atoms with E-state index in [0.29, 0.717) is 13.1 Å². The van der Waals surface area contributed by atoms with Crippen LogP contribution < -0.4 is 5.32 Å². The first-order chi connectivity index (χ1) is 6.99. The van der Waals surface area contributed by atoms with Crippen molar-refractivity contribution in [3.05, 3.63) is 20.8 Å². The number of halogens is 4. The Morgan fingerprint density at radius 1 is 1.40 bits per heavy atom. The molecule has 6 heteroatoms. The van der Waals surface area contributed by atoms with Crippen LogP contribution in [0.5, 0.6) is 0 Å². The van der Waals surface area contributed by atoms with Crippen LogP contribution in [0.15, 0.2) is 15.9 Å². The molecule has 0 saturated carbocycles. The van der Waals surface area contributed by atoms with E-state index in [1.54, 1.807) is 11.3 Å². The van der Waals surface area contributed by atoms with Crippen molar-refractivity contribution >= 4 is 27.3 Å². The van der Waals surface area contributed by atoms with Crippen LogP contribution in [0.25, 0.3) is 0 Å². The van der Waals surface area contributed by atoms with Crippen LogP contribution in [0, 0.1) is 0 Å². The van der Waals surface area contributed by atoms with Crippen LogP contribution in [0.2, 0.25) is 0 Å². The molecule has 0 bridgehead atoms. The van der Waals surface area contributed by atoms with Crippen molar-refractivity contribution in [3.8, 4) is 0 Å². The predicted molar refractivity (Wildman–Crippen MR) is 59.0 cm³/mol. The zero-order valence-corrected chi connectivity index (χ0v) is 10.3. The molecule has 1 heterocycles. The molecule has 0 unspecified atom stereocenters. The van der Waals surface area contributed by atoms with E-state index in [2.05, 4.69) is 21.2 Å². The molecule has 0 radical (unpaired) electrons. The van der Waals surface area contributed by atoms with Gasteiger partial charge in [0.15, 0.2) is 0 Å². The summed E-state index contributed by atoms with van der Waals surface area (Å²) in [5.74, 6) is 0. The summed E-state index contributed by atoms with van der Waals surface area (Å²) in [7, 11) is 0. The lowest BCUT2D eigenvalue weighted by atomic mass is 10.3. The molecule has 1 aromatic rings. The van der Waals surface area contributed by atoms with Gasteiger partial charge < -0.3 is 5.32 Å². The maximum atomic E-state index is 11.8. The molecule has 15 heavy (non-hydrogen) atoms. The highest BCUT2D eigenvalue weighted by molar-refractivity contribution is 9.10. The Balaban J connectivity index is 2.10. The lowest BCUT2D eigenvalue weighted by molar-refractivity contribution is -0.135. The Morgan fingerprint density at radius 3 is 2.67 bits per heavy atom. The smallest absolute Gasteiger partial charge is 0.312 e. The monoisotopic (exact) mass is 301 g/mol. The summed E-state index contributed by atoms with van der Waals surface area (Å²) in [6.45, 7) is 1.01. The summed E-state index contributed by atoms with van der Waals surface area (Å²) >= 11 is 4.94. The average molecular weight is 302 g/mol. The van der Waals surface area contributed by atoms with Crippen LogP contribution in [-0.4, -0.2) is 12.7 Å². The molecule has 0 aliphatic rings. The largest absolute Gasteiger partial charge is 0.389 e. The van der Waals surface area contributed by atoms with Gasteiger partial charge in [-0.2, -0.15) is 13.2 Å². The van der Waals surface area contributed by atoms with Gasteiger partial charge in [0.05, 0.1) is 0 Å². The molecule has 0 amide bonds. The third kappa shape index (κ3) is 5.53. The molecule has 0 aliphatic heterocycles. The molecule has 0 spiro atoms. The van der Waals surface area contributed by atoms with E-state index in [-0.39, 0.29) is 6.42 Å². The summed E-state index contributed by atoms with van der Waals surface area (Å²) < 4.78 is 36.4. The van der Waals surface area contributed by atoms with E-state index in [0.717, 1.165) is 9.35 Å². The number of thiophene rings is 1. The molecule has 1 N–H and O–H groups in total. The summed E-state index contributed by atoms with van der Waals surface area (Å²) in [6, 6.07) is 1.93. The van der Waals surface area contributed by atoms with Gasteiger partial charge in [0, 0.05) is 22.3 Å². The second kappa shape index (κ2) is 5.86. The van der Waals surface area contributed by atoms with Gasteiger partial charge in [-0.1, -0.05) is 0 Å². The summed E-state index contributed by atoms with van der Waals surface area (Å²) in [5, 5.41) is 4.92. The Bertz CT molecular complexity index is 298. The summed E-state index contributed by atoms with van der Waals surface area (Å²) in [5.41, 5.74) is 0. The maximum Gasteiger partial charge on any atom is 0.389 e. The Kier molecular flexibility index (Phi) is 5.08. The highest BCUT2D eigenvalue weighted by Crippen LogP contribution is 2.23. The van der Waals surface area contributed by atoms with Crippen molar-refractivity contribution < 1.29 is 13.2 Å². The second-order valence-electron chi connectivity index (χ2n) is 3.09. The van der Waals surface area contributed by atoms with Crippen LogP contribution in [0.4, 0.5) is 13.2 Å². The van der Waals surface area contributed by atoms with Gasteiger partial charge >= 0.3 is 6.18 Å². The standard InChI is InChI=1S/C9H11BrF3NS/c10-7-2-5-15-8(7)6-14-4-1-3-9(11,12)13/h2,5,14H,1,3-4,6H2. The first-order valence-corrected chi connectivity index (χ1v) is 6.15. The highest BCUT2D eigenvalue weighted by Gasteiger charge is 2.25. The van der Waals surface area contributed by atoms with Crippen LogP contribution in [0.1, 0.15) is 17.7 Å². The molecule has 1 rings (SSSR count). The SMILES string of the molecule is FC(F)(F)CCCNCc1sccc1Br. The molecule has 86 valence electrons. The van der Waals surface area contributed by atoms with E-state index in [1.807, 2.05) is 11.4 Å². The minimum atomic E-state index is -4.04. The molecule has 1 nitrogen and oxygen atoms in total. The Hall–Kier alpha value is -0.0700. The minimum absolute atomic E-state index is 0.131. The average Bonchev–Trinajstić information content (AvgIpc) is 2.49. The predicted octanol–water partition coefficient (Wildman–Crippen LogP) is 3.94. The number of hydrogen-bond acceptors (Lipinski definition) is 2. The van der Waals surface area contributed by atoms with Gasteiger partial charge in [-0.05, 0) is 40.3 Å². The molecule has 0 aliphatic carbocycles. The van der Waals surface area contributed by atoms with Gasteiger partial charge in [-0.3, -0.25) is 0 Å². The summed E-state index contributed by atoms with van der Waals surface area (Å²) in [6.07, 6.45) is -4.62. The van der Waals surface area contributed by atoms with Crippen molar-refractivity contribution in [1.29, 1.82) is 0 Å². The number of rotatable bonds is 5. The molecule has 0 atom stereocenters. The molecular weight excluding hydrogens is 291 g/mol. The number of hydrogen-bond donors (Lipinski definition) is 1. The van der Waals surface area contributed by atoms with Gasteiger partial charge in [0.25, 0.3) is 0 Å². The Labute approximate surface area is 98.8 Å². The van der Waals surface area contributed by atoms with E-state index >= 15 is 0 Å². The fourth-order valence-electron chi connectivity index (χ4n) is 1.07. The molecule has 1 aromatic heterocycles.